The molecule has 0 atom stereocenters. The molecule has 42 heavy (non-hydrogen) atoms. The van der Waals surface area contributed by atoms with Crippen molar-refractivity contribution in [2.24, 2.45) is 0 Å². The smallest absolute Gasteiger partial charge is 0.343 e. The lowest BCUT2D eigenvalue weighted by atomic mass is 10.0. The number of hydrogen-bond donors (Lipinski definition) is 0. The molecular weight excluding hydrogens is 553 g/mol. The molecule has 4 aromatic rings. The van der Waals surface area contributed by atoms with E-state index in [2.05, 4.69) is 62.4 Å². The van der Waals surface area contributed by atoms with E-state index in [4.69, 9.17) is 4.74 Å². The fourth-order valence-corrected chi connectivity index (χ4v) is 6.61. The Hall–Kier alpha value is -2.95. The predicted octanol–water partition coefficient (Wildman–Crippen LogP) is 12.0. The summed E-state index contributed by atoms with van der Waals surface area (Å²) in [6, 6.07) is 32.8. The minimum atomic E-state index is -0.347. The molecule has 4 aromatic carbocycles. The molecule has 0 amide bonds. The third-order valence-electron chi connectivity index (χ3n) is 7.34. The number of carbonyl (C=O) groups excluding carboxylic acids is 1. The van der Waals surface area contributed by atoms with E-state index in [1.807, 2.05) is 72.1 Å². The van der Waals surface area contributed by atoms with Crippen LogP contribution in [0.1, 0.15) is 82.0 Å². The Bertz CT molecular complexity index is 1330. The third kappa shape index (κ3) is 10.4. The molecule has 0 radical (unpaired) electrons. The first-order chi connectivity index (χ1) is 20.7. The monoisotopic (exact) mass is 596 g/mol. The second kappa shape index (κ2) is 17.9. The van der Waals surface area contributed by atoms with Crippen molar-refractivity contribution < 1.29 is 9.53 Å². The van der Waals surface area contributed by atoms with Crippen molar-refractivity contribution in [2.45, 2.75) is 81.4 Å². The van der Waals surface area contributed by atoms with Crippen molar-refractivity contribution in [3.05, 3.63) is 103 Å². The van der Waals surface area contributed by atoms with Crippen molar-refractivity contribution >= 4 is 29.5 Å². The summed E-state index contributed by atoms with van der Waals surface area (Å²) in [6.07, 6.45) is 11.8. The average molecular weight is 597 g/mol. The molecule has 0 N–H and O–H groups in total. The number of benzene rings is 4. The zero-order valence-corrected chi connectivity index (χ0v) is 26.8. The Balaban J connectivity index is 1.24. The summed E-state index contributed by atoms with van der Waals surface area (Å²) < 4.78 is 5.66. The Morgan fingerprint density at radius 1 is 0.500 bits per heavy atom. The summed E-state index contributed by atoms with van der Waals surface area (Å²) in [6.45, 7) is 4.50. The lowest BCUT2D eigenvalue weighted by Crippen LogP contribution is -2.08. The average Bonchev–Trinajstić information content (AvgIpc) is 3.04. The van der Waals surface area contributed by atoms with E-state index in [0.717, 1.165) is 22.3 Å². The van der Waals surface area contributed by atoms with E-state index in [1.165, 1.54) is 79.1 Å². The van der Waals surface area contributed by atoms with Gasteiger partial charge in [-0.05, 0) is 95.1 Å². The van der Waals surface area contributed by atoms with Gasteiger partial charge in [-0.3, -0.25) is 0 Å². The standard InChI is InChI=1S/C38H44O2S2/c1-3-5-7-8-9-11-29-42-37-24-18-32(19-25-37)30-12-14-34(15-13-30)38(39)40-35-22-16-31(17-23-35)33-20-26-36(27-21-33)41-28-10-6-4-2/h12-27H,3-11,28-29H2,1-2H3. The van der Waals surface area contributed by atoms with E-state index < -0.39 is 0 Å². The van der Waals surface area contributed by atoms with Gasteiger partial charge in [0.2, 0.25) is 0 Å². The van der Waals surface area contributed by atoms with E-state index in [0.29, 0.717) is 11.3 Å². The maximum absolute atomic E-state index is 12.8. The third-order valence-corrected chi connectivity index (χ3v) is 9.54. The second-order valence-electron chi connectivity index (χ2n) is 10.7. The van der Waals surface area contributed by atoms with Gasteiger partial charge in [0.1, 0.15) is 5.75 Å². The minimum Gasteiger partial charge on any atom is -0.423 e. The molecule has 4 heteroatoms. The van der Waals surface area contributed by atoms with Crippen LogP contribution in [-0.4, -0.2) is 17.5 Å². The molecule has 0 bridgehead atoms. The molecule has 2 nitrogen and oxygen atoms in total. The number of rotatable bonds is 17. The number of esters is 1. The van der Waals surface area contributed by atoms with Crippen LogP contribution in [-0.2, 0) is 0 Å². The summed E-state index contributed by atoms with van der Waals surface area (Å²) in [4.78, 5) is 15.4. The maximum atomic E-state index is 12.8. The number of thioether (sulfide) groups is 2. The van der Waals surface area contributed by atoms with Gasteiger partial charge in [0.05, 0.1) is 5.56 Å². The maximum Gasteiger partial charge on any atom is 0.343 e. The highest BCUT2D eigenvalue weighted by atomic mass is 32.2. The number of hydrogen-bond acceptors (Lipinski definition) is 4. The highest BCUT2D eigenvalue weighted by Gasteiger charge is 2.10. The molecule has 0 unspecified atom stereocenters. The predicted molar refractivity (Wildman–Crippen MR) is 183 cm³/mol. The lowest BCUT2D eigenvalue weighted by molar-refractivity contribution is 0.0735. The molecule has 0 saturated heterocycles. The molecule has 0 saturated carbocycles. The summed E-state index contributed by atoms with van der Waals surface area (Å²) in [7, 11) is 0. The number of unbranched alkanes of at least 4 members (excludes halogenated alkanes) is 7. The molecular formula is C38H44O2S2. The molecule has 0 fully saturated rings. The molecule has 0 aliphatic rings. The molecule has 0 spiro atoms. The first kappa shape index (κ1) is 32.0. The topological polar surface area (TPSA) is 26.3 Å². The number of carbonyl (C=O) groups is 1. The Morgan fingerprint density at radius 2 is 0.881 bits per heavy atom. The van der Waals surface area contributed by atoms with Crippen LogP contribution < -0.4 is 4.74 Å². The molecule has 0 aromatic heterocycles. The summed E-state index contributed by atoms with van der Waals surface area (Å²) in [5, 5.41) is 0. The lowest BCUT2D eigenvalue weighted by Gasteiger charge is -2.08. The minimum absolute atomic E-state index is 0.347. The largest absolute Gasteiger partial charge is 0.423 e. The van der Waals surface area contributed by atoms with Crippen LogP contribution in [0.4, 0.5) is 0 Å². The molecule has 0 heterocycles. The molecule has 4 rings (SSSR count). The van der Waals surface area contributed by atoms with Crippen molar-refractivity contribution in [1.82, 2.24) is 0 Å². The molecule has 0 aliphatic heterocycles. The highest BCUT2D eigenvalue weighted by molar-refractivity contribution is 7.99. The first-order valence-electron chi connectivity index (χ1n) is 15.5. The van der Waals surface area contributed by atoms with Crippen molar-refractivity contribution in [1.29, 1.82) is 0 Å². The van der Waals surface area contributed by atoms with Crippen LogP contribution in [0.25, 0.3) is 22.3 Å². The zero-order chi connectivity index (χ0) is 29.4. The van der Waals surface area contributed by atoms with Gasteiger partial charge in [-0.1, -0.05) is 107 Å². The van der Waals surface area contributed by atoms with E-state index in [-0.39, 0.29) is 5.97 Å². The molecule has 0 aliphatic carbocycles. The van der Waals surface area contributed by atoms with Gasteiger partial charge >= 0.3 is 5.97 Å². The van der Waals surface area contributed by atoms with Crippen LogP contribution in [0, 0.1) is 0 Å². The van der Waals surface area contributed by atoms with Crippen LogP contribution in [0.3, 0.4) is 0 Å². The molecule has 220 valence electrons. The second-order valence-corrected chi connectivity index (χ2v) is 13.0. The Kier molecular flexibility index (Phi) is 13.6. The summed E-state index contributed by atoms with van der Waals surface area (Å²) >= 11 is 3.86. The first-order valence-corrected chi connectivity index (χ1v) is 17.5. The van der Waals surface area contributed by atoms with Gasteiger partial charge in [-0.2, -0.15) is 0 Å². The van der Waals surface area contributed by atoms with Crippen LogP contribution in [0.5, 0.6) is 5.75 Å². The fraction of sp³-hybridized carbons (Fsp3) is 0.342. The summed E-state index contributed by atoms with van der Waals surface area (Å²) in [5.41, 5.74) is 5.05. The van der Waals surface area contributed by atoms with E-state index >= 15 is 0 Å². The van der Waals surface area contributed by atoms with Gasteiger partial charge in [0.15, 0.2) is 0 Å². The Labute approximate surface area is 261 Å². The van der Waals surface area contributed by atoms with Crippen LogP contribution >= 0.6 is 23.5 Å². The van der Waals surface area contributed by atoms with Crippen molar-refractivity contribution in [3.63, 3.8) is 0 Å². The van der Waals surface area contributed by atoms with Crippen molar-refractivity contribution in [3.8, 4) is 28.0 Å². The van der Waals surface area contributed by atoms with Crippen molar-refractivity contribution in [2.75, 3.05) is 11.5 Å². The van der Waals surface area contributed by atoms with Gasteiger partial charge in [0, 0.05) is 9.79 Å². The summed E-state index contributed by atoms with van der Waals surface area (Å²) in [5.74, 6) is 2.54. The Morgan fingerprint density at radius 3 is 1.38 bits per heavy atom. The van der Waals surface area contributed by atoms with Crippen LogP contribution in [0.15, 0.2) is 107 Å². The van der Waals surface area contributed by atoms with Crippen LogP contribution in [0.2, 0.25) is 0 Å². The number of ether oxygens (including phenoxy) is 1. The SMILES string of the molecule is CCCCCCCCSc1ccc(-c2ccc(C(=O)Oc3ccc(-c4ccc(SCCCCC)cc4)cc3)cc2)cc1. The fourth-order valence-electron chi connectivity index (χ4n) is 4.78. The normalized spacial score (nSPS) is 11.0. The zero-order valence-electron chi connectivity index (χ0n) is 25.1. The highest BCUT2D eigenvalue weighted by Crippen LogP contribution is 2.28. The van der Waals surface area contributed by atoms with E-state index in [9.17, 15) is 4.79 Å². The van der Waals surface area contributed by atoms with E-state index in [1.54, 1.807) is 0 Å². The van der Waals surface area contributed by atoms with Gasteiger partial charge in [0.25, 0.3) is 0 Å². The van der Waals surface area contributed by atoms with Gasteiger partial charge in [-0.25, -0.2) is 4.79 Å². The van der Waals surface area contributed by atoms with Gasteiger partial charge < -0.3 is 4.74 Å². The quantitative estimate of drug-likeness (QED) is 0.0524. The van der Waals surface area contributed by atoms with Gasteiger partial charge in [-0.15, -0.1) is 23.5 Å².